The summed E-state index contributed by atoms with van der Waals surface area (Å²) in [5.41, 5.74) is 11.1. The number of hydrogen-bond donors (Lipinski definition) is 4. The van der Waals surface area contributed by atoms with E-state index in [0.717, 1.165) is 12.8 Å². The SMILES string of the molecule is C=CCOc1ccc(CC(=O)O)cc1Cl.NCCCCC(N)C(=O)O. The van der Waals surface area contributed by atoms with Gasteiger partial charge in [-0.3, -0.25) is 9.59 Å². The highest BCUT2D eigenvalue weighted by atomic mass is 35.5. The van der Waals surface area contributed by atoms with Crippen LogP contribution >= 0.6 is 11.6 Å². The summed E-state index contributed by atoms with van der Waals surface area (Å²) < 4.78 is 5.25. The number of unbranched alkanes of at least 4 members (excludes halogenated alkanes) is 1. The molecule has 0 bridgehead atoms. The Hall–Kier alpha value is -2.09. The molecule has 1 aromatic rings. The third-order valence-electron chi connectivity index (χ3n) is 2.99. The van der Waals surface area contributed by atoms with Gasteiger partial charge in [0.1, 0.15) is 18.4 Å². The van der Waals surface area contributed by atoms with Crippen LogP contribution in [0.1, 0.15) is 24.8 Å². The minimum atomic E-state index is -0.933. The maximum Gasteiger partial charge on any atom is 0.320 e. The normalized spacial score (nSPS) is 11.0. The molecule has 0 amide bonds. The Morgan fingerprint density at radius 2 is 2.00 bits per heavy atom. The van der Waals surface area contributed by atoms with Gasteiger partial charge in [-0.1, -0.05) is 36.7 Å². The molecule has 25 heavy (non-hydrogen) atoms. The highest BCUT2D eigenvalue weighted by molar-refractivity contribution is 6.32. The third-order valence-corrected chi connectivity index (χ3v) is 3.29. The fraction of sp³-hybridized carbons (Fsp3) is 0.412. The third kappa shape index (κ3) is 11.1. The minimum Gasteiger partial charge on any atom is -0.488 e. The van der Waals surface area contributed by atoms with Crippen LogP contribution in [0.5, 0.6) is 5.75 Å². The number of carbonyl (C=O) groups is 2. The van der Waals surface area contributed by atoms with E-state index < -0.39 is 18.0 Å². The number of carboxylic acid groups (broad SMARTS) is 2. The molecule has 1 rings (SSSR count). The Labute approximate surface area is 152 Å². The zero-order valence-electron chi connectivity index (χ0n) is 14.0. The van der Waals surface area contributed by atoms with Crippen molar-refractivity contribution in [2.45, 2.75) is 31.7 Å². The van der Waals surface area contributed by atoms with E-state index in [2.05, 4.69) is 6.58 Å². The van der Waals surface area contributed by atoms with Gasteiger partial charge in [0.05, 0.1) is 11.4 Å². The Bertz CT molecular complexity index is 566. The molecule has 0 radical (unpaired) electrons. The van der Waals surface area contributed by atoms with Crippen molar-refractivity contribution in [3.63, 3.8) is 0 Å². The second-order valence-corrected chi connectivity index (χ2v) is 5.57. The van der Waals surface area contributed by atoms with E-state index in [0.29, 0.717) is 35.9 Å². The van der Waals surface area contributed by atoms with Crippen molar-refractivity contribution in [3.05, 3.63) is 41.4 Å². The van der Waals surface area contributed by atoms with E-state index >= 15 is 0 Å². The van der Waals surface area contributed by atoms with Crippen molar-refractivity contribution in [3.8, 4) is 5.75 Å². The van der Waals surface area contributed by atoms with Crippen LogP contribution in [0.3, 0.4) is 0 Å². The van der Waals surface area contributed by atoms with E-state index in [1.807, 2.05) is 0 Å². The van der Waals surface area contributed by atoms with Crippen LogP contribution in [0.15, 0.2) is 30.9 Å². The lowest BCUT2D eigenvalue weighted by molar-refractivity contribution is -0.139. The zero-order chi connectivity index (χ0) is 19.2. The van der Waals surface area contributed by atoms with Crippen LogP contribution in [-0.4, -0.2) is 41.3 Å². The number of rotatable bonds is 10. The van der Waals surface area contributed by atoms with E-state index in [9.17, 15) is 9.59 Å². The predicted octanol–water partition coefficient (Wildman–Crippen LogP) is 2.06. The number of hydrogen-bond acceptors (Lipinski definition) is 5. The van der Waals surface area contributed by atoms with Gasteiger partial charge >= 0.3 is 11.9 Å². The summed E-state index contributed by atoms with van der Waals surface area (Å²) >= 11 is 5.90. The smallest absolute Gasteiger partial charge is 0.320 e. The molecule has 7 nitrogen and oxygen atoms in total. The van der Waals surface area contributed by atoms with Crippen LogP contribution in [0.25, 0.3) is 0 Å². The average molecular weight is 373 g/mol. The van der Waals surface area contributed by atoms with Gasteiger partial charge in [0.25, 0.3) is 0 Å². The standard InChI is InChI=1S/C11H11ClO3.C6H14N2O2/c1-2-5-15-10-4-3-8(6-9(10)12)7-11(13)14;7-4-2-1-3-5(8)6(9)10/h2-4,6H,1,5,7H2,(H,13,14);5H,1-4,7-8H2,(H,9,10). The van der Waals surface area contributed by atoms with Crippen LogP contribution < -0.4 is 16.2 Å². The lowest BCUT2D eigenvalue weighted by Gasteiger charge is -2.06. The van der Waals surface area contributed by atoms with Gasteiger partial charge in [-0.25, -0.2) is 0 Å². The van der Waals surface area contributed by atoms with Crippen LogP contribution in [-0.2, 0) is 16.0 Å². The monoisotopic (exact) mass is 372 g/mol. The average Bonchev–Trinajstić information content (AvgIpc) is 2.54. The number of ether oxygens (including phenoxy) is 1. The second-order valence-electron chi connectivity index (χ2n) is 5.16. The van der Waals surface area contributed by atoms with Gasteiger partial charge in [-0.05, 0) is 37.1 Å². The number of nitrogens with two attached hydrogens (primary N) is 2. The molecule has 1 unspecified atom stereocenters. The summed E-state index contributed by atoms with van der Waals surface area (Å²) in [6.45, 7) is 4.49. The fourth-order valence-corrected chi connectivity index (χ4v) is 1.98. The minimum absolute atomic E-state index is 0.0402. The maximum absolute atomic E-state index is 10.4. The van der Waals surface area contributed by atoms with Crippen molar-refractivity contribution in [1.29, 1.82) is 0 Å². The molecule has 140 valence electrons. The highest BCUT2D eigenvalue weighted by Crippen LogP contribution is 2.25. The van der Waals surface area contributed by atoms with E-state index in [1.165, 1.54) is 0 Å². The molecule has 0 aliphatic heterocycles. The number of benzene rings is 1. The van der Waals surface area contributed by atoms with Crippen molar-refractivity contribution in [2.24, 2.45) is 11.5 Å². The molecule has 0 aliphatic carbocycles. The number of aliphatic carboxylic acids is 2. The first-order valence-corrected chi connectivity index (χ1v) is 8.12. The molecule has 0 fully saturated rings. The Kier molecular flexibility index (Phi) is 12.1. The molecule has 8 heteroatoms. The van der Waals surface area contributed by atoms with Crippen molar-refractivity contribution in [1.82, 2.24) is 0 Å². The molecule has 0 aromatic heterocycles. The first-order valence-electron chi connectivity index (χ1n) is 7.74. The van der Waals surface area contributed by atoms with Crippen molar-refractivity contribution < 1.29 is 24.5 Å². The molecule has 0 aliphatic rings. The zero-order valence-corrected chi connectivity index (χ0v) is 14.7. The largest absolute Gasteiger partial charge is 0.488 e. The Morgan fingerprint density at radius 3 is 2.48 bits per heavy atom. The molecular weight excluding hydrogens is 348 g/mol. The van der Waals surface area contributed by atoms with Gasteiger partial charge in [-0.2, -0.15) is 0 Å². The van der Waals surface area contributed by atoms with Gasteiger partial charge in [-0.15, -0.1) is 0 Å². The molecular formula is C17H25ClN2O5. The van der Waals surface area contributed by atoms with Crippen molar-refractivity contribution in [2.75, 3.05) is 13.2 Å². The van der Waals surface area contributed by atoms with E-state index in [-0.39, 0.29) is 6.42 Å². The quantitative estimate of drug-likeness (QED) is 0.364. The summed E-state index contributed by atoms with van der Waals surface area (Å²) in [6.07, 6.45) is 3.74. The number of halogens is 1. The topological polar surface area (TPSA) is 136 Å². The summed E-state index contributed by atoms with van der Waals surface area (Å²) in [4.78, 5) is 20.6. The lowest BCUT2D eigenvalue weighted by Crippen LogP contribution is -2.29. The van der Waals surface area contributed by atoms with Gasteiger partial charge in [0.15, 0.2) is 0 Å². The van der Waals surface area contributed by atoms with E-state index in [1.54, 1.807) is 24.3 Å². The Morgan fingerprint density at radius 1 is 1.32 bits per heavy atom. The molecule has 1 atom stereocenters. The van der Waals surface area contributed by atoms with Gasteiger partial charge in [0, 0.05) is 0 Å². The molecule has 0 saturated heterocycles. The maximum atomic E-state index is 10.4. The van der Waals surface area contributed by atoms with Gasteiger partial charge in [0.2, 0.25) is 0 Å². The highest BCUT2D eigenvalue weighted by Gasteiger charge is 2.09. The summed E-state index contributed by atoms with van der Waals surface area (Å²) in [7, 11) is 0. The summed E-state index contributed by atoms with van der Waals surface area (Å²) in [6, 6.07) is 4.21. The van der Waals surface area contributed by atoms with Gasteiger partial charge < -0.3 is 26.4 Å². The van der Waals surface area contributed by atoms with Crippen molar-refractivity contribution >= 4 is 23.5 Å². The van der Waals surface area contributed by atoms with Crippen LogP contribution in [0.4, 0.5) is 0 Å². The first kappa shape index (κ1) is 22.9. The number of carboxylic acids is 2. The van der Waals surface area contributed by atoms with Crippen LogP contribution in [0, 0.1) is 0 Å². The molecule has 0 saturated carbocycles. The Balaban J connectivity index is 0.000000504. The predicted molar refractivity (Wildman–Crippen MR) is 97.0 cm³/mol. The summed E-state index contributed by atoms with van der Waals surface area (Å²) in [5.74, 6) is -1.28. The first-order chi connectivity index (χ1) is 11.8. The lowest BCUT2D eigenvalue weighted by atomic mass is 10.1. The summed E-state index contributed by atoms with van der Waals surface area (Å²) in [5, 5.41) is 17.3. The van der Waals surface area contributed by atoms with Crippen LogP contribution in [0.2, 0.25) is 5.02 Å². The second kappa shape index (κ2) is 13.2. The molecule has 0 heterocycles. The molecule has 6 N–H and O–H groups in total. The van der Waals surface area contributed by atoms with E-state index in [4.69, 9.17) is 38.0 Å². The fourth-order valence-electron chi connectivity index (χ4n) is 1.73. The molecule has 0 spiro atoms. The molecule has 1 aromatic carbocycles.